The molecule has 0 aliphatic carbocycles. The Balaban J connectivity index is 1.85. The molecule has 1 unspecified atom stereocenters. The second kappa shape index (κ2) is 7.70. The highest BCUT2D eigenvalue weighted by Crippen LogP contribution is 2.25. The van der Waals surface area contributed by atoms with Gasteiger partial charge in [-0.05, 0) is 63.9 Å². The first-order valence-corrected chi connectivity index (χ1v) is 9.55. The zero-order valence-electron chi connectivity index (χ0n) is 17.1. The van der Waals surface area contributed by atoms with Crippen molar-refractivity contribution in [2.75, 3.05) is 5.32 Å². The molecule has 1 atom stereocenters. The lowest BCUT2D eigenvalue weighted by Crippen LogP contribution is -2.50. The van der Waals surface area contributed by atoms with Crippen molar-refractivity contribution in [2.24, 2.45) is 0 Å². The Morgan fingerprint density at radius 1 is 1.07 bits per heavy atom. The Labute approximate surface area is 174 Å². The molecule has 0 aliphatic rings. The summed E-state index contributed by atoms with van der Waals surface area (Å²) in [7, 11) is 0. The predicted octanol–water partition coefficient (Wildman–Crippen LogP) is 3.27. The molecule has 3 heterocycles. The van der Waals surface area contributed by atoms with Crippen molar-refractivity contribution in [1.29, 1.82) is 0 Å². The van der Waals surface area contributed by atoms with Gasteiger partial charge in [-0.25, -0.2) is 14.6 Å². The summed E-state index contributed by atoms with van der Waals surface area (Å²) in [5.74, 6) is 1.26. The molecule has 3 aromatic rings. The lowest BCUT2D eigenvalue weighted by Gasteiger charge is -2.35. The summed E-state index contributed by atoms with van der Waals surface area (Å²) in [5.41, 5.74) is 0.431. The van der Waals surface area contributed by atoms with Crippen LogP contribution in [0.2, 0.25) is 5.02 Å². The van der Waals surface area contributed by atoms with Crippen molar-refractivity contribution in [1.82, 2.24) is 25.0 Å². The normalized spacial score (nSPS) is 13.9. The number of aromatic nitrogens is 5. The van der Waals surface area contributed by atoms with E-state index in [1.165, 1.54) is 4.68 Å². The number of nitrogens with zero attached hydrogens (tertiary/aromatic N) is 5. The third-order valence-corrected chi connectivity index (χ3v) is 5.26. The van der Waals surface area contributed by atoms with Gasteiger partial charge in [0.25, 0.3) is 0 Å². The van der Waals surface area contributed by atoms with Crippen molar-refractivity contribution < 1.29 is 10.2 Å². The van der Waals surface area contributed by atoms with E-state index in [1.807, 2.05) is 32.0 Å². The fraction of sp³-hybridized carbons (Fsp3) is 0.400. The number of nitrogens with one attached hydrogen (secondary N) is 1. The molecule has 0 saturated carbocycles. The summed E-state index contributed by atoms with van der Waals surface area (Å²) in [6, 6.07) is 5.65. The summed E-state index contributed by atoms with van der Waals surface area (Å²) in [6.07, 6.45) is 3.28. The van der Waals surface area contributed by atoms with E-state index < -0.39 is 11.2 Å². The highest BCUT2D eigenvalue weighted by Gasteiger charge is 2.38. The maximum absolute atomic E-state index is 10.5. The summed E-state index contributed by atoms with van der Waals surface area (Å²) < 4.78 is 1.49. The van der Waals surface area contributed by atoms with E-state index in [0.29, 0.717) is 28.0 Å². The third-order valence-electron chi connectivity index (χ3n) is 4.86. The third kappa shape index (κ3) is 4.90. The van der Waals surface area contributed by atoms with E-state index in [4.69, 9.17) is 11.6 Å². The van der Waals surface area contributed by atoms with E-state index >= 15 is 0 Å². The van der Waals surface area contributed by atoms with Gasteiger partial charge in [0.15, 0.2) is 0 Å². The number of aryl methyl sites for hydroxylation is 2. The Kier molecular flexibility index (Phi) is 5.62. The molecule has 3 rings (SSSR count). The molecule has 0 spiro atoms. The van der Waals surface area contributed by atoms with Gasteiger partial charge in [0.2, 0.25) is 0 Å². The minimum absolute atomic E-state index is 0.0917. The monoisotopic (exact) mass is 416 g/mol. The standard InChI is InChI=1S/C20H25ClN6O2/c1-12-6-15(16-10-27(26-25-16)11-20(5,29)19(3,4)28)23-18(7-12)24-17-8-13(2)14(21)9-22-17/h6-10,28-29H,11H2,1-5H3,(H,22,23,24). The van der Waals surface area contributed by atoms with Gasteiger partial charge >= 0.3 is 0 Å². The Bertz CT molecular complexity index is 1030. The van der Waals surface area contributed by atoms with Gasteiger partial charge < -0.3 is 15.5 Å². The van der Waals surface area contributed by atoms with Crippen LogP contribution in [0.4, 0.5) is 11.6 Å². The van der Waals surface area contributed by atoms with Crippen LogP contribution in [0, 0.1) is 13.8 Å². The van der Waals surface area contributed by atoms with E-state index in [-0.39, 0.29) is 6.54 Å². The fourth-order valence-electron chi connectivity index (χ4n) is 2.60. The second-order valence-corrected chi connectivity index (χ2v) is 8.40. The van der Waals surface area contributed by atoms with Crippen LogP contribution in [0.15, 0.2) is 30.6 Å². The Hall–Kier alpha value is -2.55. The molecule has 29 heavy (non-hydrogen) atoms. The van der Waals surface area contributed by atoms with Gasteiger partial charge in [-0.3, -0.25) is 0 Å². The van der Waals surface area contributed by atoms with Crippen molar-refractivity contribution in [3.8, 4) is 11.4 Å². The zero-order valence-corrected chi connectivity index (χ0v) is 17.9. The van der Waals surface area contributed by atoms with Gasteiger partial charge in [0, 0.05) is 6.20 Å². The van der Waals surface area contributed by atoms with Crippen molar-refractivity contribution in [3.05, 3.63) is 46.7 Å². The van der Waals surface area contributed by atoms with Crippen LogP contribution in [-0.2, 0) is 6.54 Å². The molecule has 8 nitrogen and oxygen atoms in total. The molecule has 0 aliphatic heterocycles. The van der Waals surface area contributed by atoms with E-state index in [1.54, 1.807) is 33.2 Å². The largest absolute Gasteiger partial charge is 0.387 e. The van der Waals surface area contributed by atoms with Crippen LogP contribution in [-0.4, -0.2) is 46.4 Å². The molecule has 9 heteroatoms. The van der Waals surface area contributed by atoms with Crippen LogP contribution in [0.25, 0.3) is 11.4 Å². The average molecular weight is 417 g/mol. The average Bonchev–Trinajstić information content (AvgIpc) is 3.04. The van der Waals surface area contributed by atoms with Crippen LogP contribution in [0.1, 0.15) is 31.9 Å². The summed E-state index contributed by atoms with van der Waals surface area (Å²) in [4.78, 5) is 8.87. The SMILES string of the molecule is Cc1cc(Nc2cc(C)c(Cl)cn2)nc(-c2cn(CC(C)(O)C(C)(C)O)nn2)c1. The lowest BCUT2D eigenvalue weighted by atomic mass is 9.88. The smallest absolute Gasteiger partial charge is 0.132 e. The summed E-state index contributed by atoms with van der Waals surface area (Å²) in [5, 5.41) is 32.6. The van der Waals surface area contributed by atoms with Crippen molar-refractivity contribution in [2.45, 2.75) is 52.4 Å². The number of hydrogen-bond donors (Lipinski definition) is 3. The molecule has 3 aromatic heterocycles. The number of rotatable bonds is 6. The second-order valence-electron chi connectivity index (χ2n) is 7.99. The maximum atomic E-state index is 10.5. The number of pyridine rings is 2. The molecule has 0 fully saturated rings. The molecule has 3 N–H and O–H groups in total. The van der Waals surface area contributed by atoms with Gasteiger partial charge in [-0.2, -0.15) is 0 Å². The van der Waals surface area contributed by atoms with Crippen LogP contribution in [0.5, 0.6) is 0 Å². The molecule has 0 aromatic carbocycles. The number of aliphatic hydroxyl groups is 2. The molecule has 0 bridgehead atoms. The van der Waals surface area contributed by atoms with Crippen LogP contribution in [0.3, 0.4) is 0 Å². The van der Waals surface area contributed by atoms with Crippen molar-refractivity contribution in [3.63, 3.8) is 0 Å². The molecule has 0 radical (unpaired) electrons. The van der Waals surface area contributed by atoms with Crippen LogP contribution >= 0.6 is 11.6 Å². The topological polar surface area (TPSA) is 109 Å². The van der Waals surface area contributed by atoms with Gasteiger partial charge in [0.1, 0.15) is 22.9 Å². The van der Waals surface area contributed by atoms with Gasteiger partial charge in [0.05, 0.1) is 29.1 Å². The summed E-state index contributed by atoms with van der Waals surface area (Å²) in [6.45, 7) is 8.62. The lowest BCUT2D eigenvalue weighted by molar-refractivity contribution is -0.129. The number of hydrogen-bond acceptors (Lipinski definition) is 7. The van der Waals surface area contributed by atoms with Gasteiger partial charge in [-0.15, -0.1) is 5.10 Å². The first kappa shape index (κ1) is 21.2. The minimum Gasteiger partial charge on any atom is -0.387 e. The molecular weight excluding hydrogens is 392 g/mol. The minimum atomic E-state index is -1.37. The summed E-state index contributed by atoms with van der Waals surface area (Å²) >= 11 is 6.03. The number of anilines is 2. The Morgan fingerprint density at radius 2 is 1.79 bits per heavy atom. The molecule has 0 saturated heterocycles. The first-order chi connectivity index (χ1) is 13.4. The van der Waals surface area contributed by atoms with E-state index in [2.05, 4.69) is 25.6 Å². The number of halogens is 1. The molecule has 0 amide bonds. The predicted molar refractivity (Wildman–Crippen MR) is 112 cm³/mol. The van der Waals surface area contributed by atoms with E-state index in [0.717, 1.165) is 11.1 Å². The fourth-order valence-corrected chi connectivity index (χ4v) is 2.71. The highest BCUT2D eigenvalue weighted by molar-refractivity contribution is 6.31. The van der Waals surface area contributed by atoms with E-state index in [9.17, 15) is 10.2 Å². The van der Waals surface area contributed by atoms with Crippen LogP contribution < -0.4 is 5.32 Å². The molecular formula is C20H25ClN6O2. The maximum Gasteiger partial charge on any atom is 0.132 e. The quantitative estimate of drug-likeness (QED) is 0.565. The van der Waals surface area contributed by atoms with Gasteiger partial charge in [-0.1, -0.05) is 16.8 Å². The molecule has 154 valence electrons. The zero-order chi connectivity index (χ0) is 21.4. The Morgan fingerprint density at radius 3 is 2.45 bits per heavy atom. The highest BCUT2D eigenvalue weighted by atomic mass is 35.5. The van der Waals surface area contributed by atoms with Crippen molar-refractivity contribution >= 4 is 23.2 Å². The first-order valence-electron chi connectivity index (χ1n) is 9.18.